The highest BCUT2D eigenvalue weighted by molar-refractivity contribution is 5.47. The summed E-state index contributed by atoms with van der Waals surface area (Å²) in [6.45, 7) is 3.00. The maximum Gasteiger partial charge on any atom is 0.119 e. The highest BCUT2D eigenvalue weighted by Gasteiger charge is 2.13. The lowest BCUT2D eigenvalue weighted by Crippen LogP contribution is -2.31. The van der Waals surface area contributed by atoms with Crippen molar-refractivity contribution < 1.29 is 4.74 Å². The molecule has 0 aromatic heterocycles. The van der Waals surface area contributed by atoms with Crippen LogP contribution in [-0.4, -0.2) is 27.7 Å². The van der Waals surface area contributed by atoms with E-state index in [9.17, 15) is 0 Å². The van der Waals surface area contributed by atoms with Crippen molar-refractivity contribution in [1.82, 2.24) is 5.32 Å². The van der Waals surface area contributed by atoms with Crippen molar-refractivity contribution in [3.05, 3.63) is 59.7 Å². The molecule has 0 amide bonds. The predicted octanol–water partition coefficient (Wildman–Crippen LogP) is 3.40. The van der Waals surface area contributed by atoms with Crippen molar-refractivity contribution in [3.8, 4) is 5.75 Å². The molecule has 2 aromatic rings. The highest BCUT2D eigenvalue weighted by Crippen LogP contribution is 2.22. The maximum atomic E-state index is 5.31. The van der Waals surface area contributed by atoms with Gasteiger partial charge >= 0.3 is 0 Å². The predicted molar refractivity (Wildman–Crippen MR) is 89.2 cm³/mol. The van der Waals surface area contributed by atoms with Crippen LogP contribution in [0.25, 0.3) is 0 Å². The summed E-state index contributed by atoms with van der Waals surface area (Å²) in [5.74, 6) is 0.894. The van der Waals surface area contributed by atoms with E-state index in [4.69, 9.17) is 4.74 Å². The van der Waals surface area contributed by atoms with Crippen molar-refractivity contribution in [2.45, 2.75) is 13.0 Å². The van der Waals surface area contributed by atoms with Gasteiger partial charge < -0.3 is 15.0 Å². The van der Waals surface area contributed by atoms with Gasteiger partial charge in [-0.05, 0) is 43.8 Å². The van der Waals surface area contributed by atoms with E-state index >= 15 is 0 Å². The number of nitrogens with one attached hydrogen (secondary N) is 1. The second kappa shape index (κ2) is 7.14. The molecule has 0 aliphatic heterocycles. The summed E-state index contributed by atoms with van der Waals surface area (Å²) < 4.78 is 5.31. The first kappa shape index (κ1) is 15.4. The minimum atomic E-state index is 0.256. The molecule has 0 bridgehead atoms. The molecular formula is C18H24N2O. The molecule has 0 saturated carbocycles. The molecule has 3 nitrogen and oxygen atoms in total. The zero-order valence-corrected chi connectivity index (χ0v) is 13.3. The fourth-order valence-electron chi connectivity index (χ4n) is 2.40. The van der Waals surface area contributed by atoms with Crippen LogP contribution in [-0.2, 0) is 0 Å². The number of likely N-dealkylation sites (N-methyl/N-ethyl adjacent to an activating group) is 2. The van der Waals surface area contributed by atoms with E-state index in [0.29, 0.717) is 0 Å². The summed E-state index contributed by atoms with van der Waals surface area (Å²) in [6.07, 6.45) is 0. The highest BCUT2D eigenvalue weighted by atomic mass is 16.5. The first-order chi connectivity index (χ1) is 10.1. The summed E-state index contributed by atoms with van der Waals surface area (Å²) in [5.41, 5.74) is 3.74. The van der Waals surface area contributed by atoms with Gasteiger partial charge in [0.2, 0.25) is 0 Å². The number of anilines is 1. The van der Waals surface area contributed by atoms with Crippen LogP contribution in [0.3, 0.4) is 0 Å². The Balaban J connectivity index is 2.12. The topological polar surface area (TPSA) is 24.5 Å². The van der Waals surface area contributed by atoms with Crippen molar-refractivity contribution in [2.24, 2.45) is 0 Å². The second-order valence-electron chi connectivity index (χ2n) is 5.33. The van der Waals surface area contributed by atoms with Crippen molar-refractivity contribution in [2.75, 3.05) is 32.6 Å². The van der Waals surface area contributed by atoms with Gasteiger partial charge in [0.05, 0.1) is 7.11 Å². The van der Waals surface area contributed by atoms with Crippen molar-refractivity contribution >= 4 is 5.69 Å². The number of methoxy groups -OCH3 is 1. The van der Waals surface area contributed by atoms with Gasteiger partial charge in [-0.2, -0.15) is 0 Å². The Kier molecular flexibility index (Phi) is 5.23. The first-order valence-corrected chi connectivity index (χ1v) is 7.23. The molecule has 1 N–H and O–H groups in total. The average molecular weight is 284 g/mol. The Hall–Kier alpha value is -2.00. The van der Waals surface area contributed by atoms with Crippen LogP contribution in [0.15, 0.2) is 48.5 Å². The normalized spacial score (nSPS) is 12.0. The smallest absolute Gasteiger partial charge is 0.119 e. The van der Waals surface area contributed by atoms with Gasteiger partial charge in [0.15, 0.2) is 0 Å². The van der Waals surface area contributed by atoms with Crippen LogP contribution in [0, 0.1) is 6.92 Å². The molecule has 0 aliphatic carbocycles. The van der Waals surface area contributed by atoms with Gasteiger partial charge in [-0.25, -0.2) is 0 Å². The summed E-state index contributed by atoms with van der Waals surface area (Å²) in [4.78, 5) is 2.26. The van der Waals surface area contributed by atoms with Crippen LogP contribution in [0.2, 0.25) is 0 Å². The van der Waals surface area contributed by atoms with E-state index in [0.717, 1.165) is 12.3 Å². The van der Waals surface area contributed by atoms with Gasteiger partial charge in [-0.15, -0.1) is 0 Å². The lowest BCUT2D eigenvalue weighted by atomic mass is 10.1. The van der Waals surface area contributed by atoms with Gasteiger partial charge in [0.25, 0.3) is 0 Å². The Morgan fingerprint density at radius 1 is 1.14 bits per heavy atom. The number of hydrogen-bond acceptors (Lipinski definition) is 3. The van der Waals surface area contributed by atoms with Crippen LogP contribution in [0.5, 0.6) is 5.75 Å². The third-order valence-electron chi connectivity index (χ3n) is 3.78. The lowest BCUT2D eigenvalue weighted by Gasteiger charge is -2.26. The molecule has 0 heterocycles. The quantitative estimate of drug-likeness (QED) is 0.880. The summed E-state index contributed by atoms with van der Waals surface area (Å²) in [7, 11) is 5.81. The largest absolute Gasteiger partial charge is 0.497 e. The van der Waals surface area contributed by atoms with Crippen LogP contribution in [0.4, 0.5) is 5.69 Å². The Morgan fingerprint density at radius 3 is 2.48 bits per heavy atom. The molecule has 3 heteroatoms. The van der Waals surface area contributed by atoms with Crippen LogP contribution in [0.1, 0.15) is 17.2 Å². The standard InChI is InChI=1S/C18H24N2O/c1-14-8-10-16(11-9-14)20(3)13-18(19-2)15-6-5-7-17(12-15)21-4/h5-12,18-19H,13H2,1-4H3. The zero-order chi connectivity index (χ0) is 15.2. The summed E-state index contributed by atoms with van der Waals surface area (Å²) >= 11 is 0. The number of ether oxygens (including phenoxy) is 1. The van der Waals surface area contributed by atoms with Crippen LogP contribution < -0.4 is 15.0 Å². The fourth-order valence-corrected chi connectivity index (χ4v) is 2.40. The Morgan fingerprint density at radius 2 is 1.86 bits per heavy atom. The molecule has 21 heavy (non-hydrogen) atoms. The molecule has 0 fully saturated rings. The monoisotopic (exact) mass is 284 g/mol. The molecular weight excluding hydrogens is 260 g/mol. The number of rotatable bonds is 6. The van der Waals surface area contributed by atoms with Crippen molar-refractivity contribution in [1.29, 1.82) is 0 Å². The molecule has 0 radical (unpaired) electrons. The zero-order valence-electron chi connectivity index (χ0n) is 13.3. The molecule has 2 aromatic carbocycles. The lowest BCUT2D eigenvalue weighted by molar-refractivity contribution is 0.413. The van der Waals surface area contributed by atoms with Gasteiger partial charge in [-0.3, -0.25) is 0 Å². The molecule has 0 saturated heterocycles. The minimum absolute atomic E-state index is 0.256. The van der Waals surface area contributed by atoms with E-state index in [-0.39, 0.29) is 6.04 Å². The number of benzene rings is 2. The SMILES string of the molecule is CNC(CN(C)c1ccc(C)cc1)c1cccc(OC)c1. The molecule has 2 rings (SSSR count). The number of nitrogens with zero attached hydrogens (tertiary/aromatic N) is 1. The fraction of sp³-hybridized carbons (Fsp3) is 0.333. The maximum absolute atomic E-state index is 5.31. The van der Waals surface area contributed by atoms with E-state index < -0.39 is 0 Å². The third kappa shape index (κ3) is 3.99. The third-order valence-corrected chi connectivity index (χ3v) is 3.78. The summed E-state index contributed by atoms with van der Waals surface area (Å²) in [6, 6.07) is 17.1. The minimum Gasteiger partial charge on any atom is -0.497 e. The van der Waals surface area contributed by atoms with Crippen molar-refractivity contribution in [3.63, 3.8) is 0 Å². The molecule has 0 aliphatic rings. The second-order valence-corrected chi connectivity index (χ2v) is 5.33. The van der Waals surface area contributed by atoms with Gasteiger partial charge in [-0.1, -0.05) is 29.8 Å². The molecule has 112 valence electrons. The first-order valence-electron chi connectivity index (χ1n) is 7.23. The van der Waals surface area contributed by atoms with Gasteiger partial charge in [0, 0.05) is 25.3 Å². The molecule has 0 spiro atoms. The van der Waals surface area contributed by atoms with E-state index in [2.05, 4.69) is 60.6 Å². The van der Waals surface area contributed by atoms with Crippen LogP contribution >= 0.6 is 0 Å². The molecule has 1 unspecified atom stereocenters. The number of aryl methyl sites for hydroxylation is 1. The Labute approximate surface area is 127 Å². The average Bonchev–Trinajstić information content (AvgIpc) is 2.53. The van der Waals surface area contributed by atoms with E-state index in [1.165, 1.54) is 16.8 Å². The summed E-state index contributed by atoms with van der Waals surface area (Å²) in [5, 5.41) is 3.38. The van der Waals surface area contributed by atoms with E-state index in [1.54, 1.807) is 7.11 Å². The Bertz CT molecular complexity index is 566. The number of hydrogen-bond donors (Lipinski definition) is 1. The molecule has 1 atom stereocenters. The van der Waals surface area contributed by atoms with E-state index in [1.807, 2.05) is 19.2 Å². The van der Waals surface area contributed by atoms with Gasteiger partial charge in [0.1, 0.15) is 5.75 Å².